The molecule has 4 aromatic rings. The van der Waals surface area contributed by atoms with Crippen molar-refractivity contribution in [1.29, 1.82) is 0 Å². The number of halogens is 24. The Morgan fingerprint density at radius 1 is 0.422 bits per heavy atom. The molecule has 466 valence electrons. The van der Waals surface area contributed by atoms with Crippen LogP contribution in [-0.2, 0) is 85.6 Å². The molecule has 0 amide bonds. The Balaban J connectivity index is -0.000000291. The molecule has 0 aliphatic heterocycles. The number of aliphatic imine (C=N–C) groups is 2. The Labute approximate surface area is 478 Å². The average Bonchev–Trinajstić information content (AvgIpc) is 4.16. The van der Waals surface area contributed by atoms with Gasteiger partial charge >= 0.3 is 103 Å². The fourth-order valence-electron chi connectivity index (χ4n) is 3.28. The first kappa shape index (κ1) is 84.8. The van der Waals surface area contributed by atoms with Crippen molar-refractivity contribution in [2.24, 2.45) is 9.98 Å². The maximum atomic E-state index is 11.3. The van der Waals surface area contributed by atoms with Crippen LogP contribution in [0.5, 0.6) is 0 Å². The summed E-state index contributed by atoms with van der Waals surface area (Å²) in [6.07, 6.45) is -29.1. The molecular formula is C38H24Cu2F24N10O8Zn. The number of alkyl halides is 24. The summed E-state index contributed by atoms with van der Waals surface area (Å²) in [5.41, 5.74) is 2.04. The number of nitrogens with one attached hydrogen (secondary N) is 2. The molecule has 4 aromatic heterocycles. The molecule has 0 bridgehead atoms. The van der Waals surface area contributed by atoms with Gasteiger partial charge in [-0.15, -0.1) is 0 Å². The van der Waals surface area contributed by atoms with Crippen molar-refractivity contribution in [3.05, 3.63) is 120 Å². The smallest absolute Gasteiger partial charge is 0.869 e. The zero-order valence-electron chi connectivity index (χ0n) is 39.1. The number of nitrogens with zero attached hydrogens (tertiary/aromatic N) is 8. The molecule has 0 spiro atoms. The standard InChI is InChI=1S/2C9H10N5.4C5H2F6O2.2Cu.Zn/c2*1(8-5-11-7-14-8)2-10-6-9-12-3-4-13-9;4*6-4(7,8)2(12)1-3(13)5(9,10)11;;;/h2*3-7H,1-2H2,(H-,11,12,13,14);4*1,12H;;;/q2*-1;;;;;3*+2/p-4/b;;4*2-1-;;;. The molecular weight excluding hydrogens is 1370 g/mol. The predicted octanol–water partition coefficient (Wildman–Crippen LogP) is 4.54. The third-order valence-corrected chi connectivity index (χ3v) is 6.76. The first-order chi connectivity index (χ1) is 36.1. The Morgan fingerprint density at radius 3 is 0.807 bits per heavy atom. The summed E-state index contributed by atoms with van der Waals surface area (Å²) in [7, 11) is 0. The Kier molecular flexibility index (Phi) is 38.1. The first-order valence-corrected chi connectivity index (χ1v) is 19.2. The molecule has 4 heterocycles. The number of H-pyrrole nitrogens is 2. The summed E-state index contributed by atoms with van der Waals surface area (Å²) in [5, 5.41) is 39.3. The van der Waals surface area contributed by atoms with Crippen LogP contribution in [0.15, 0.2) is 107 Å². The third kappa shape index (κ3) is 40.8. The van der Waals surface area contributed by atoms with Crippen LogP contribution in [-0.4, -0.2) is 128 Å². The predicted molar refractivity (Wildman–Crippen MR) is 205 cm³/mol. The molecule has 0 aromatic carbocycles. The first-order valence-electron chi connectivity index (χ1n) is 19.2. The number of rotatable bonds is 12. The molecule has 83 heavy (non-hydrogen) atoms. The zero-order valence-corrected chi connectivity index (χ0v) is 44.0. The van der Waals surface area contributed by atoms with Gasteiger partial charge < -0.3 is 50.3 Å². The van der Waals surface area contributed by atoms with Gasteiger partial charge in [0.2, 0.25) is 0 Å². The fourth-order valence-corrected chi connectivity index (χ4v) is 3.28. The van der Waals surface area contributed by atoms with Crippen LogP contribution >= 0.6 is 0 Å². The average molecular weight is 1400 g/mol. The van der Waals surface area contributed by atoms with E-state index in [1.165, 1.54) is 0 Å². The van der Waals surface area contributed by atoms with E-state index in [4.69, 9.17) is 0 Å². The second-order valence-corrected chi connectivity index (χ2v) is 13.0. The minimum absolute atomic E-state index is 0. The molecule has 4 rings (SSSR count). The molecule has 0 saturated heterocycles. The number of hydrogen-bond donors (Lipinski definition) is 2. The van der Waals surface area contributed by atoms with E-state index in [0.717, 1.165) is 24.2 Å². The molecule has 2 radical (unpaired) electrons. The van der Waals surface area contributed by atoms with Crippen molar-refractivity contribution in [1.82, 2.24) is 39.9 Å². The molecule has 0 aliphatic rings. The van der Waals surface area contributed by atoms with Gasteiger partial charge in [-0.2, -0.15) is 105 Å². The van der Waals surface area contributed by atoms with E-state index in [1.54, 1.807) is 49.9 Å². The van der Waals surface area contributed by atoms with Crippen molar-refractivity contribution in [2.45, 2.75) is 62.3 Å². The summed E-state index contributed by atoms with van der Waals surface area (Å²) in [6, 6.07) is 0. The van der Waals surface area contributed by atoms with Gasteiger partial charge in [-0.25, -0.2) is 9.97 Å². The summed E-state index contributed by atoms with van der Waals surface area (Å²) in [4.78, 5) is 77.5. The maximum Gasteiger partial charge on any atom is 2.00 e. The van der Waals surface area contributed by atoms with Crippen molar-refractivity contribution in [2.75, 3.05) is 13.1 Å². The summed E-state index contributed by atoms with van der Waals surface area (Å²) in [6.45, 7) is 1.42. The minimum atomic E-state index is -5.46. The molecule has 0 fully saturated rings. The second-order valence-electron chi connectivity index (χ2n) is 13.0. The van der Waals surface area contributed by atoms with Crippen LogP contribution in [0.3, 0.4) is 0 Å². The van der Waals surface area contributed by atoms with Gasteiger partial charge in [0.1, 0.15) is 0 Å². The number of ketones is 4. The van der Waals surface area contributed by atoms with Crippen LogP contribution in [0, 0.1) is 0 Å². The normalized spacial score (nSPS) is 12.8. The van der Waals surface area contributed by atoms with E-state index >= 15 is 0 Å². The summed E-state index contributed by atoms with van der Waals surface area (Å²) in [5.74, 6) is -21.3. The topological polar surface area (TPSA) is 297 Å². The van der Waals surface area contributed by atoms with Crippen LogP contribution in [0.2, 0.25) is 0 Å². The van der Waals surface area contributed by atoms with Crippen molar-refractivity contribution in [3.8, 4) is 0 Å². The van der Waals surface area contributed by atoms with Crippen molar-refractivity contribution < 1.29 is 199 Å². The van der Waals surface area contributed by atoms with Crippen LogP contribution in [0.4, 0.5) is 105 Å². The van der Waals surface area contributed by atoms with E-state index in [1.807, 2.05) is 12.4 Å². The number of carbonyl (C=O) groups excluding carboxylic acids is 4. The van der Waals surface area contributed by atoms with E-state index in [0.29, 0.717) is 24.7 Å². The van der Waals surface area contributed by atoms with Gasteiger partial charge in [0.25, 0.3) is 23.1 Å². The number of hydrogen-bond acceptors (Lipinski definition) is 14. The number of imidazole rings is 4. The second kappa shape index (κ2) is 37.3. The molecule has 2 N–H and O–H groups in total. The third-order valence-electron chi connectivity index (χ3n) is 6.76. The molecule has 45 heteroatoms. The quantitative estimate of drug-likeness (QED) is 0.0648. The van der Waals surface area contributed by atoms with Gasteiger partial charge in [-0.05, 0) is 59.0 Å². The van der Waals surface area contributed by atoms with Gasteiger partial charge in [0.15, 0.2) is 0 Å². The Morgan fingerprint density at radius 2 is 0.651 bits per heavy atom. The number of allylic oxidation sites excluding steroid dienone is 8. The van der Waals surface area contributed by atoms with Crippen LogP contribution in [0.1, 0.15) is 23.0 Å². The number of carbonyl (C=O) groups is 4. The van der Waals surface area contributed by atoms with Gasteiger partial charge in [-0.1, -0.05) is 24.8 Å². The number of aromatic amines is 2. The summed E-state index contributed by atoms with van der Waals surface area (Å²) >= 11 is 0. The fraction of sp³-hybridized carbons (Fsp3) is 0.316. The van der Waals surface area contributed by atoms with E-state index in [2.05, 4.69) is 49.9 Å². The van der Waals surface area contributed by atoms with E-state index in [9.17, 15) is 145 Å². The number of aromatic nitrogens is 8. The van der Waals surface area contributed by atoms with E-state index in [-0.39, 0.29) is 53.6 Å². The van der Waals surface area contributed by atoms with Crippen LogP contribution in [0.25, 0.3) is 0 Å². The largest absolute Gasteiger partial charge is 2.00 e. The Bertz CT molecular complexity index is 2390. The minimum Gasteiger partial charge on any atom is -0.869 e. The van der Waals surface area contributed by atoms with Gasteiger partial charge in [-0.3, -0.25) is 29.2 Å². The SMILES string of the molecule is C(=NCCc1c[nH]cn1)c1ncc[n-]1.C(=NCCc1c[nH]cn1)c1ncc[n-]1.O=C(/C=C(\[O-])C(F)(F)F)C(F)(F)F.O=C(/C=C(\[O-])C(F)(F)F)C(F)(F)F.O=C(/C=C(\[O-])C(F)(F)F)C(F)(F)F.O=C(/C=C(\[O-])C(F)(F)F)C(F)(F)F.[Cu+2].[Cu+2].[Zn+2]. The Hall–Kier alpha value is -7.00. The maximum absolute atomic E-state index is 11.3. The molecule has 0 atom stereocenters. The molecule has 0 unspecified atom stereocenters. The van der Waals surface area contributed by atoms with Gasteiger partial charge in [0, 0.05) is 50.8 Å². The summed E-state index contributed by atoms with van der Waals surface area (Å²) < 4.78 is 271. The molecule has 0 aliphatic carbocycles. The molecule has 0 saturated carbocycles. The van der Waals surface area contributed by atoms with Crippen molar-refractivity contribution in [3.63, 3.8) is 0 Å². The molecule has 18 nitrogen and oxygen atoms in total. The monoisotopic (exact) mass is 1390 g/mol. The van der Waals surface area contributed by atoms with E-state index < -0.39 is 120 Å². The van der Waals surface area contributed by atoms with Crippen LogP contribution < -0.4 is 30.4 Å². The zero-order chi connectivity index (χ0) is 62.7. The van der Waals surface area contributed by atoms with Crippen molar-refractivity contribution >= 4 is 35.6 Å². The van der Waals surface area contributed by atoms with Gasteiger partial charge in [0.05, 0.1) is 24.0 Å².